The third-order valence-corrected chi connectivity index (χ3v) is 6.33. The zero-order chi connectivity index (χ0) is 22.6. The van der Waals surface area contributed by atoms with Gasteiger partial charge in [-0.25, -0.2) is 0 Å². The van der Waals surface area contributed by atoms with Gasteiger partial charge in [0.1, 0.15) is 13.2 Å². The van der Waals surface area contributed by atoms with Gasteiger partial charge in [0.05, 0.1) is 12.3 Å². The molecule has 1 atom stereocenters. The third kappa shape index (κ3) is 4.52. The summed E-state index contributed by atoms with van der Waals surface area (Å²) in [5.41, 5.74) is 3.56. The maximum atomic E-state index is 13.5. The number of nitrogens with zero attached hydrogens (tertiary/aromatic N) is 4. The molecule has 1 unspecified atom stereocenters. The second-order valence-electron chi connectivity index (χ2n) is 8.45. The van der Waals surface area contributed by atoms with Crippen LogP contribution in [0.5, 0.6) is 0 Å². The van der Waals surface area contributed by atoms with Crippen LogP contribution in [0.1, 0.15) is 53.3 Å². The van der Waals surface area contributed by atoms with E-state index in [1.807, 2.05) is 42.5 Å². The Morgan fingerprint density at radius 2 is 1.82 bits per heavy atom. The molecular formula is C25H27N5O3. The number of hydrogen-bond acceptors (Lipinski definition) is 7. The molecule has 2 aliphatic heterocycles. The molecule has 1 amide bonds. The van der Waals surface area contributed by atoms with E-state index in [1.54, 1.807) is 4.90 Å². The molecule has 3 aromatic rings. The van der Waals surface area contributed by atoms with Gasteiger partial charge in [-0.3, -0.25) is 4.79 Å². The van der Waals surface area contributed by atoms with Gasteiger partial charge >= 0.3 is 0 Å². The van der Waals surface area contributed by atoms with Crippen LogP contribution < -0.4 is 5.32 Å². The Kier molecular flexibility index (Phi) is 6.17. The second kappa shape index (κ2) is 9.54. The molecule has 170 valence electrons. The van der Waals surface area contributed by atoms with Gasteiger partial charge in [-0.05, 0) is 49.2 Å². The van der Waals surface area contributed by atoms with Crippen molar-refractivity contribution in [2.45, 2.75) is 31.2 Å². The van der Waals surface area contributed by atoms with E-state index in [1.165, 1.54) is 7.11 Å². The van der Waals surface area contributed by atoms with Crippen LogP contribution in [0.2, 0.25) is 0 Å². The SMILES string of the molecule is CON=C1CC(c2nc(C3CCNCC3)no2)N(C(=O)c2ccc(-c3ccccc3)cc2)C1. The van der Waals surface area contributed by atoms with Crippen LogP contribution in [0.15, 0.2) is 64.3 Å². The van der Waals surface area contributed by atoms with E-state index in [9.17, 15) is 4.79 Å². The van der Waals surface area contributed by atoms with Crippen LogP contribution in [0.25, 0.3) is 11.1 Å². The average Bonchev–Trinajstić information content (AvgIpc) is 3.53. The summed E-state index contributed by atoms with van der Waals surface area (Å²) in [4.78, 5) is 24.9. The first-order chi connectivity index (χ1) is 16.2. The van der Waals surface area contributed by atoms with E-state index in [0.29, 0.717) is 24.4 Å². The van der Waals surface area contributed by atoms with Crippen molar-refractivity contribution in [3.8, 4) is 11.1 Å². The minimum atomic E-state index is -0.358. The molecule has 0 aliphatic carbocycles. The summed E-state index contributed by atoms with van der Waals surface area (Å²) in [6.07, 6.45) is 2.47. The van der Waals surface area contributed by atoms with Crippen molar-refractivity contribution in [1.29, 1.82) is 0 Å². The van der Waals surface area contributed by atoms with E-state index in [2.05, 4.69) is 27.8 Å². The number of aromatic nitrogens is 2. The zero-order valence-electron chi connectivity index (χ0n) is 18.6. The van der Waals surface area contributed by atoms with Crippen molar-refractivity contribution in [3.05, 3.63) is 71.9 Å². The zero-order valence-corrected chi connectivity index (χ0v) is 18.6. The fraction of sp³-hybridized carbons (Fsp3) is 0.360. The quantitative estimate of drug-likeness (QED) is 0.601. The molecular weight excluding hydrogens is 418 g/mol. The van der Waals surface area contributed by atoms with Gasteiger partial charge in [0, 0.05) is 17.9 Å². The molecule has 2 aromatic carbocycles. The number of benzene rings is 2. The van der Waals surface area contributed by atoms with Gasteiger partial charge in [-0.2, -0.15) is 4.98 Å². The lowest BCUT2D eigenvalue weighted by Gasteiger charge is -2.21. The fourth-order valence-electron chi connectivity index (χ4n) is 4.56. The molecule has 3 heterocycles. The number of carbonyl (C=O) groups is 1. The van der Waals surface area contributed by atoms with Crippen molar-refractivity contribution < 1.29 is 14.2 Å². The fourth-order valence-corrected chi connectivity index (χ4v) is 4.56. The minimum Gasteiger partial charge on any atom is -0.399 e. The van der Waals surface area contributed by atoms with Gasteiger partial charge < -0.3 is 19.6 Å². The molecule has 33 heavy (non-hydrogen) atoms. The van der Waals surface area contributed by atoms with Crippen LogP contribution in [-0.4, -0.2) is 53.4 Å². The van der Waals surface area contributed by atoms with Crippen molar-refractivity contribution in [2.24, 2.45) is 5.16 Å². The van der Waals surface area contributed by atoms with Gasteiger partial charge in [0.2, 0.25) is 5.89 Å². The van der Waals surface area contributed by atoms with Crippen LogP contribution in [0, 0.1) is 0 Å². The summed E-state index contributed by atoms with van der Waals surface area (Å²) in [5.74, 6) is 1.37. The molecule has 2 aliphatic rings. The summed E-state index contributed by atoms with van der Waals surface area (Å²) in [6.45, 7) is 2.27. The lowest BCUT2D eigenvalue weighted by atomic mass is 9.98. The number of nitrogens with one attached hydrogen (secondary N) is 1. The predicted octanol–water partition coefficient (Wildman–Crippen LogP) is 3.79. The topological polar surface area (TPSA) is 92.8 Å². The van der Waals surface area contributed by atoms with Gasteiger partial charge in [-0.15, -0.1) is 0 Å². The Morgan fingerprint density at radius 3 is 2.55 bits per heavy atom. The Morgan fingerprint density at radius 1 is 1.09 bits per heavy atom. The molecule has 2 saturated heterocycles. The highest BCUT2D eigenvalue weighted by Crippen LogP contribution is 2.33. The van der Waals surface area contributed by atoms with Gasteiger partial charge in [0.25, 0.3) is 5.91 Å². The Bertz CT molecular complexity index is 1120. The Labute approximate surface area is 192 Å². The molecule has 8 nitrogen and oxygen atoms in total. The first kappa shape index (κ1) is 21.3. The number of amides is 1. The molecule has 0 spiro atoms. The van der Waals surface area contributed by atoms with E-state index in [0.717, 1.165) is 48.6 Å². The number of oxime groups is 1. The van der Waals surface area contributed by atoms with Gasteiger partial charge in [-0.1, -0.05) is 52.8 Å². The molecule has 8 heteroatoms. The van der Waals surface area contributed by atoms with E-state index < -0.39 is 0 Å². The normalized spacial score (nSPS) is 20.3. The van der Waals surface area contributed by atoms with E-state index in [4.69, 9.17) is 14.3 Å². The Hall–Kier alpha value is -3.52. The monoisotopic (exact) mass is 445 g/mol. The molecule has 0 saturated carbocycles. The largest absolute Gasteiger partial charge is 0.399 e. The molecule has 1 N–H and O–H groups in total. The first-order valence-electron chi connectivity index (χ1n) is 11.3. The van der Waals surface area contributed by atoms with Crippen molar-refractivity contribution >= 4 is 11.6 Å². The highest BCUT2D eigenvalue weighted by atomic mass is 16.6. The lowest BCUT2D eigenvalue weighted by molar-refractivity contribution is 0.0713. The summed E-state index contributed by atoms with van der Waals surface area (Å²) in [7, 11) is 1.51. The maximum absolute atomic E-state index is 13.5. The number of piperidine rings is 1. The van der Waals surface area contributed by atoms with Gasteiger partial charge in [0.15, 0.2) is 5.82 Å². The highest BCUT2D eigenvalue weighted by Gasteiger charge is 2.39. The van der Waals surface area contributed by atoms with Crippen molar-refractivity contribution in [3.63, 3.8) is 0 Å². The number of rotatable bonds is 5. The molecule has 0 radical (unpaired) electrons. The Balaban J connectivity index is 1.38. The number of hydrogen-bond donors (Lipinski definition) is 1. The first-order valence-corrected chi connectivity index (χ1v) is 11.3. The average molecular weight is 446 g/mol. The summed E-state index contributed by atoms with van der Waals surface area (Å²) in [5, 5.41) is 11.7. The summed E-state index contributed by atoms with van der Waals surface area (Å²) >= 11 is 0. The predicted molar refractivity (Wildman–Crippen MR) is 124 cm³/mol. The summed E-state index contributed by atoms with van der Waals surface area (Å²) < 4.78 is 5.65. The molecule has 0 bridgehead atoms. The van der Waals surface area contributed by atoms with Crippen LogP contribution in [0.3, 0.4) is 0 Å². The van der Waals surface area contributed by atoms with E-state index in [-0.39, 0.29) is 17.9 Å². The number of carbonyl (C=O) groups excluding carboxylic acids is 1. The standard InChI is InChI=1S/C25H27N5O3/c1-32-28-21-15-22(24-27-23(29-33-24)19-11-13-26-14-12-19)30(16-21)25(31)20-9-7-18(8-10-20)17-5-3-2-4-6-17/h2-10,19,22,26H,11-16H2,1H3. The molecule has 2 fully saturated rings. The molecule has 1 aromatic heterocycles. The highest BCUT2D eigenvalue weighted by molar-refractivity contribution is 6.00. The molecule has 5 rings (SSSR count). The smallest absolute Gasteiger partial charge is 0.254 e. The third-order valence-electron chi connectivity index (χ3n) is 6.33. The lowest BCUT2D eigenvalue weighted by Crippen LogP contribution is -2.31. The maximum Gasteiger partial charge on any atom is 0.254 e. The van der Waals surface area contributed by atoms with Crippen molar-refractivity contribution in [2.75, 3.05) is 26.7 Å². The van der Waals surface area contributed by atoms with Crippen LogP contribution >= 0.6 is 0 Å². The second-order valence-corrected chi connectivity index (χ2v) is 8.45. The summed E-state index contributed by atoms with van der Waals surface area (Å²) in [6, 6.07) is 17.4. The van der Waals surface area contributed by atoms with E-state index >= 15 is 0 Å². The van der Waals surface area contributed by atoms with Crippen LogP contribution in [-0.2, 0) is 4.84 Å². The minimum absolute atomic E-state index is 0.0949. The number of likely N-dealkylation sites (tertiary alicyclic amines) is 1. The van der Waals surface area contributed by atoms with Crippen LogP contribution in [0.4, 0.5) is 0 Å². The van der Waals surface area contributed by atoms with Crippen molar-refractivity contribution in [1.82, 2.24) is 20.4 Å².